The van der Waals surface area contributed by atoms with Gasteiger partial charge in [-0.3, -0.25) is 4.79 Å². The standard InChI is InChI=1S/C27H24O5/c1-5-30-24-15-20(14-23(28)25-17(3)31-18(4)26(24)25)19-10-12-21(13-11-19)32-27(29)22-9-7-6-8-16(22)2/h6-15H,5H2,1-4H3. The monoisotopic (exact) mass is 428 g/mol. The Labute approximate surface area is 186 Å². The van der Waals surface area contributed by atoms with Crippen LogP contribution in [-0.2, 0) is 0 Å². The predicted octanol–water partition coefficient (Wildman–Crippen LogP) is 6.00. The molecule has 0 atom stereocenters. The maximum atomic E-state index is 13.0. The van der Waals surface area contributed by atoms with Crippen LogP contribution < -0.4 is 14.9 Å². The van der Waals surface area contributed by atoms with Crippen LogP contribution in [0.5, 0.6) is 11.5 Å². The maximum Gasteiger partial charge on any atom is 0.343 e. The third-order valence-electron chi connectivity index (χ3n) is 5.39. The quantitative estimate of drug-likeness (QED) is 0.288. The number of fused-ring (bicyclic) bond motifs is 1. The normalized spacial score (nSPS) is 10.9. The Balaban J connectivity index is 1.71. The number of benzene rings is 2. The van der Waals surface area contributed by atoms with E-state index in [9.17, 15) is 9.59 Å². The molecule has 5 heteroatoms. The largest absolute Gasteiger partial charge is 0.493 e. The van der Waals surface area contributed by atoms with Crippen LogP contribution in [0.4, 0.5) is 0 Å². The summed E-state index contributed by atoms with van der Waals surface area (Å²) in [6.45, 7) is 7.84. The second kappa shape index (κ2) is 8.71. The summed E-state index contributed by atoms with van der Waals surface area (Å²) >= 11 is 0. The van der Waals surface area contributed by atoms with Crippen molar-refractivity contribution in [2.75, 3.05) is 6.61 Å². The third-order valence-corrected chi connectivity index (χ3v) is 5.39. The van der Waals surface area contributed by atoms with Crippen LogP contribution >= 0.6 is 0 Å². The molecule has 0 bridgehead atoms. The third kappa shape index (κ3) is 4.02. The molecule has 4 aromatic rings. The molecule has 5 nitrogen and oxygen atoms in total. The van der Waals surface area contributed by atoms with Gasteiger partial charge in [0.2, 0.25) is 0 Å². The Kier molecular flexibility index (Phi) is 5.82. The Morgan fingerprint density at radius 2 is 1.56 bits per heavy atom. The summed E-state index contributed by atoms with van der Waals surface area (Å²) in [6, 6.07) is 17.8. The number of furan rings is 1. The van der Waals surface area contributed by atoms with E-state index in [2.05, 4.69) is 0 Å². The van der Waals surface area contributed by atoms with Crippen LogP contribution in [0.1, 0.15) is 34.4 Å². The average molecular weight is 428 g/mol. The molecule has 4 rings (SSSR count). The minimum absolute atomic E-state index is 0.134. The van der Waals surface area contributed by atoms with Gasteiger partial charge in [0.05, 0.1) is 22.9 Å². The van der Waals surface area contributed by atoms with E-state index in [-0.39, 0.29) is 5.43 Å². The van der Waals surface area contributed by atoms with Crippen LogP contribution in [0.15, 0.2) is 69.9 Å². The van der Waals surface area contributed by atoms with Gasteiger partial charge >= 0.3 is 5.97 Å². The van der Waals surface area contributed by atoms with E-state index in [4.69, 9.17) is 13.9 Å². The summed E-state index contributed by atoms with van der Waals surface area (Å²) < 4.78 is 17.1. The lowest BCUT2D eigenvalue weighted by Crippen LogP contribution is -2.09. The number of aryl methyl sites for hydroxylation is 3. The van der Waals surface area contributed by atoms with Crippen LogP contribution in [-0.4, -0.2) is 12.6 Å². The second-order valence-corrected chi connectivity index (χ2v) is 7.60. The van der Waals surface area contributed by atoms with Crippen molar-refractivity contribution in [2.24, 2.45) is 0 Å². The molecule has 0 N–H and O–H groups in total. The summed E-state index contributed by atoms with van der Waals surface area (Å²) in [7, 11) is 0. The molecule has 0 aliphatic carbocycles. The van der Waals surface area contributed by atoms with Crippen LogP contribution in [0, 0.1) is 20.8 Å². The molecule has 32 heavy (non-hydrogen) atoms. The fourth-order valence-electron chi connectivity index (χ4n) is 3.86. The van der Waals surface area contributed by atoms with Gasteiger partial charge in [-0.25, -0.2) is 4.79 Å². The lowest BCUT2D eigenvalue weighted by Gasteiger charge is -2.08. The van der Waals surface area contributed by atoms with Gasteiger partial charge in [-0.05, 0) is 74.7 Å². The Morgan fingerprint density at radius 3 is 2.25 bits per heavy atom. The van der Waals surface area contributed by atoms with E-state index >= 15 is 0 Å². The zero-order valence-corrected chi connectivity index (χ0v) is 18.5. The minimum Gasteiger partial charge on any atom is -0.493 e. The smallest absolute Gasteiger partial charge is 0.343 e. The topological polar surface area (TPSA) is 65.7 Å². The molecule has 0 fully saturated rings. The van der Waals surface area contributed by atoms with Gasteiger partial charge in [-0.1, -0.05) is 30.3 Å². The second-order valence-electron chi connectivity index (χ2n) is 7.60. The van der Waals surface area contributed by atoms with Crippen LogP contribution in [0.25, 0.3) is 21.9 Å². The van der Waals surface area contributed by atoms with Crippen molar-refractivity contribution in [3.63, 3.8) is 0 Å². The molecule has 0 saturated carbocycles. The fourth-order valence-corrected chi connectivity index (χ4v) is 3.86. The SMILES string of the molecule is CCOc1cc(-c2ccc(OC(=O)c3ccccc3C)cc2)cc(=O)c2c(C)oc(C)c12. The van der Waals surface area contributed by atoms with Gasteiger partial charge in [0.25, 0.3) is 0 Å². The maximum absolute atomic E-state index is 13.0. The van der Waals surface area contributed by atoms with E-state index in [1.807, 2.05) is 51.1 Å². The van der Waals surface area contributed by atoms with Gasteiger partial charge in [-0.15, -0.1) is 0 Å². The molecule has 0 aliphatic rings. The minimum atomic E-state index is -0.407. The van der Waals surface area contributed by atoms with Gasteiger partial charge in [0, 0.05) is 0 Å². The average Bonchev–Trinajstić information content (AvgIpc) is 2.98. The van der Waals surface area contributed by atoms with E-state index in [1.165, 1.54) is 0 Å². The summed E-state index contributed by atoms with van der Waals surface area (Å²) in [5, 5.41) is 1.23. The number of carbonyl (C=O) groups excluding carboxylic acids is 1. The molecular weight excluding hydrogens is 404 g/mol. The first kappa shape index (κ1) is 21.4. The zero-order valence-electron chi connectivity index (χ0n) is 18.5. The van der Waals surface area contributed by atoms with Gasteiger partial charge in [-0.2, -0.15) is 0 Å². The summed E-state index contributed by atoms with van der Waals surface area (Å²) in [5.74, 6) is 1.85. The van der Waals surface area contributed by atoms with Crippen molar-refractivity contribution in [2.45, 2.75) is 27.7 Å². The van der Waals surface area contributed by atoms with Crippen LogP contribution in [0.2, 0.25) is 0 Å². The van der Waals surface area contributed by atoms with E-state index < -0.39 is 5.97 Å². The molecule has 0 unspecified atom stereocenters. The molecule has 0 amide bonds. The Hall–Kier alpha value is -3.86. The fraction of sp³-hybridized carbons (Fsp3) is 0.185. The first-order valence-electron chi connectivity index (χ1n) is 10.5. The highest BCUT2D eigenvalue weighted by atomic mass is 16.5. The first-order valence-corrected chi connectivity index (χ1v) is 10.5. The summed E-state index contributed by atoms with van der Waals surface area (Å²) in [4.78, 5) is 25.5. The number of esters is 1. The molecule has 0 radical (unpaired) electrons. The van der Waals surface area contributed by atoms with Crippen molar-refractivity contribution >= 4 is 16.7 Å². The van der Waals surface area contributed by atoms with Gasteiger partial charge < -0.3 is 13.9 Å². The van der Waals surface area contributed by atoms with Crippen molar-refractivity contribution in [3.05, 3.63) is 93.5 Å². The van der Waals surface area contributed by atoms with Crippen LogP contribution in [0.3, 0.4) is 0 Å². The van der Waals surface area contributed by atoms with E-state index in [0.29, 0.717) is 51.5 Å². The molecule has 162 valence electrons. The Bertz CT molecular complexity index is 1360. The van der Waals surface area contributed by atoms with Crippen molar-refractivity contribution in [1.82, 2.24) is 0 Å². The molecule has 0 spiro atoms. The van der Waals surface area contributed by atoms with E-state index in [1.54, 1.807) is 37.3 Å². The first-order chi connectivity index (χ1) is 15.4. The number of hydrogen-bond acceptors (Lipinski definition) is 5. The number of ether oxygens (including phenoxy) is 2. The molecule has 0 saturated heterocycles. The number of carbonyl (C=O) groups is 1. The molecule has 1 heterocycles. The molecule has 3 aromatic carbocycles. The number of rotatable bonds is 5. The van der Waals surface area contributed by atoms with Crippen molar-refractivity contribution in [1.29, 1.82) is 0 Å². The molecule has 0 aliphatic heterocycles. The highest BCUT2D eigenvalue weighted by Gasteiger charge is 2.16. The van der Waals surface area contributed by atoms with E-state index in [0.717, 1.165) is 11.1 Å². The highest BCUT2D eigenvalue weighted by Crippen LogP contribution is 2.33. The summed E-state index contributed by atoms with van der Waals surface area (Å²) in [6.07, 6.45) is 0. The van der Waals surface area contributed by atoms with Gasteiger partial charge in [0.1, 0.15) is 23.0 Å². The summed E-state index contributed by atoms with van der Waals surface area (Å²) in [5.41, 5.74) is 2.77. The van der Waals surface area contributed by atoms with Crippen molar-refractivity contribution < 1.29 is 18.7 Å². The predicted molar refractivity (Wildman–Crippen MR) is 125 cm³/mol. The van der Waals surface area contributed by atoms with Gasteiger partial charge in [0.15, 0.2) is 5.43 Å². The Morgan fingerprint density at radius 1 is 0.875 bits per heavy atom. The zero-order chi connectivity index (χ0) is 22.8. The lowest BCUT2D eigenvalue weighted by molar-refractivity contribution is 0.0734. The molecule has 1 aromatic heterocycles. The highest BCUT2D eigenvalue weighted by molar-refractivity contribution is 5.93. The lowest BCUT2D eigenvalue weighted by atomic mass is 10.1. The number of hydrogen-bond donors (Lipinski definition) is 0. The van der Waals surface area contributed by atoms with Crippen molar-refractivity contribution in [3.8, 4) is 22.6 Å². The molecular formula is C27H24O5.